The number of allylic oxidation sites excluding steroid dienone is 1. The van der Waals surface area contributed by atoms with Gasteiger partial charge in [0, 0.05) is 55.1 Å². The van der Waals surface area contributed by atoms with E-state index in [1.54, 1.807) is 4.90 Å². The van der Waals surface area contributed by atoms with Crippen molar-refractivity contribution in [2.24, 2.45) is 0 Å². The highest BCUT2D eigenvalue weighted by atomic mass is 35.5. The maximum atomic E-state index is 12.5. The first-order valence-corrected chi connectivity index (χ1v) is 16.3. The van der Waals surface area contributed by atoms with Gasteiger partial charge in [-0.25, -0.2) is 0 Å². The number of rotatable bonds is 9. The number of aromatic nitrogens is 2. The molecule has 2 aromatic carbocycles. The summed E-state index contributed by atoms with van der Waals surface area (Å²) < 4.78 is 6.27. The number of nitrogens with zero attached hydrogens (tertiary/aromatic N) is 7. The molecule has 0 N–H and O–H groups in total. The lowest BCUT2D eigenvalue weighted by Gasteiger charge is -2.36. The maximum Gasteiger partial charge on any atom is 0.318 e. The van der Waals surface area contributed by atoms with Gasteiger partial charge in [0.15, 0.2) is 0 Å². The molecule has 2 aliphatic heterocycles. The molecule has 0 saturated heterocycles. The third kappa shape index (κ3) is 6.63. The number of halogens is 1. The molecule has 3 heterocycles. The summed E-state index contributed by atoms with van der Waals surface area (Å²) in [6, 6.07) is 15.4. The molecule has 234 valence electrons. The number of benzene rings is 2. The van der Waals surface area contributed by atoms with Crippen molar-refractivity contribution in [3.8, 4) is 12.1 Å². The molecule has 0 atom stereocenters. The minimum absolute atomic E-state index is 0.107. The molecule has 0 unspecified atom stereocenters. The fourth-order valence-electron chi connectivity index (χ4n) is 6.84. The van der Waals surface area contributed by atoms with Crippen LogP contribution >= 0.6 is 11.6 Å². The van der Waals surface area contributed by atoms with Crippen molar-refractivity contribution in [2.45, 2.75) is 57.5 Å². The number of carbonyl (C=O) groups is 1. The van der Waals surface area contributed by atoms with Gasteiger partial charge in [0.25, 0.3) is 0 Å². The Morgan fingerprint density at radius 1 is 1.16 bits per heavy atom. The smallest absolute Gasteiger partial charge is 0.318 e. The van der Waals surface area contributed by atoms with Crippen LogP contribution in [0, 0.1) is 11.3 Å². The monoisotopic (exact) mass is 625 g/mol. The predicted molar refractivity (Wildman–Crippen MR) is 178 cm³/mol. The summed E-state index contributed by atoms with van der Waals surface area (Å²) >= 11 is 6.71. The van der Waals surface area contributed by atoms with Crippen LogP contribution in [0.5, 0.6) is 6.01 Å². The Morgan fingerprint density at radius 3 is 2.73 bits per heavy atom. The number of likely N-dealkylation sites (N-methyl/N-ethyl adjacent to an activating group) is 1. The molecule has 1 amide bonds. The molecule has 3 aromatic rings. The van der Waals surface area contributed by atoms with Crippen LogP contribution < -0.4 is 14.5 Å². The first kappa shape index (κ1) is 30.9. The fourth-order valence-corrected chi connectivity index (χ4v) is 7.12. The second kappa shape index (κ2) is 13.9. The van der Waals surface area contributed by atoms with E-state index < -0.39 is 0 Å². The van der Waals surface area contributed by atoms with Crippen molar-refractivity contribution in [3.63, 3.8) is 0 Å². The number of carbonyl (C=O) groups excluding carboxylic acids is 1. The van der Waals surface area contributed by atoms with Crippen LogP contribution in [0.4, 0.5) is 11.5 Å². The second-order valence-electron chi connectivity index (χ2n) is 12.0. The lowest BCUT2D eigenvalue weighted by Crippen LogP contribution is -2.42. The lowest BCUT2D eigenvalue weighted by atomic mass is 9.94. The summed E-state index contributed by atoms with van der Waals surface area (Å²) in [6.07, 6.45) is 10.4. The van der Waals surface area contributed by atoms with E-state index in [4.69, 9.17) is 26.3 Å². The first-order valence-electron chi connectivity index (χ1n) is 15.9. The molecule has 1 aliphatic carbocycles. The number of hydrogen-bond donors (Lipinski definition) is 0. The van der Waals surface area contributed by atoms with Crippen molar-refractivity contribution in [2.75, 3.05) is 49.6 Å². The first-order chi connectivity index (χ1) is 22.0. The van der Waals surface area contributed by atoms with Gasteiger partial charge < -0.3 is 24.3 Å². The quantitative estimate of drug-likeness (QED) is 0.265. The molecule has 0 radical (unpaired) electrons. The molecule has 3 aliphatic rings. The Morgan fingerprint density at radius 2 is 1.96 bits per heavy atom. The van der Waals surface area contributed by atoms with Gasteiger partial charge >= 0.3 is 6.01 Å². The molecule has 9 nitrogen and oxygen atoms in total. The molecule has 1 fully saturated rings. The normalized spacial score (nSPS) is 17.2. The maximum absolute atomic E-state index is 12.5. The zero-order valence-electron chi connectivity index (χ0n) is 25.9. The Hall–Kier alpha value is -4.13. The Bertz CT molecular complexity index is 1640. The van der Waals surface area contributed by atoms with Crippen molar-refractivity contribution < 1.29 is 9.53 Å². The SMILES string of the molecule is C=CC(=O)N1CCN(c2nc(OCCN(C)C3CCCCC3)nc3c2CCN(c2cccc4cccc(Cl)c24)C3)C=C1CC#N. The number of anilines is 2. The number of ether oxygens (including phenoxy) is 1. The number of hydrogen-bond acceptors (Lipinski definition) is 8. The molecule has 10 heteroatoms. The molecular formula is C35H40ClN7O2. The van der Waals surface area contributed by atoms with Crippen LogP contribution in [0.3, 0.4) is 0 Å². The van der Waals surface area contributed by atoms with Gasteiger partial charge in [-0.1, -0.05) is 61.7 Å². The van der Waals surface area contributed by atoms with Gasteiger partial charge in [0.2, 0.25) is 5.91 Å². The zero-order valence-corrected chi connectivity index (χ0v) is 26.7. The Labute approximate surface area is 270 Å². The van der Waals surface area contributed by atoms with E-state index in [-0.39, 0.29) is 12.3 Å². The van der Waals surface area contributed by atoms with E-state index in [0.29, 0.717) is 44.0 Å². The second-order valence-corrected chi connectivity index (χ2v) is 12.4. The zero-order chi connectivity index (χ0) is 31.3. The van der Waals surface area contributed by atoms with E-state index in [2.05, 4.69) is 53.8 Å². The molecule has 45 heavy (non-hydrogen) atoms. The fraction of sp³-hybridized carbons (Fsp3) is 0.429. The third-order valence-electron chi connectivity index (χ3n) is 9.26. The highest BCUT2D eigenvalue weighted by Crippen LogP contribution is 2.37. The summed E-state index contributed by atoms with van der Waals surface area (Å²) in [4.78, 5) is 30.8. The van der Waals surface area contributed by atoms with E-state index in [1.807, 2.05) is 23.2 Å². The summed E-state index contributed by atoms with van der Waals surface area (Å²) in [5.74, 6) is 0.559. The molecular weight excluding hydrogens is 586 g/mol. The summed E-state index contributed by atoms with van der Waals surface area (Å²) in [5.41, 5.74) is 3.67. The minimum Gasteiger partial charge on any atom is -0.462 e. The van der Waals surface area contributed by atoms with Crippen LogP contribution in [-0.4, -0.2) is 71.6 Å². The van der Waals surface area contributed by atoms with Gasteiger partial charge in [-0.3, -0.25) is 4.79 Å². The highest BCUT2D eigenvalue weighted by molar-refractivity contribution is 6.36. The van der Waals surface area contributed by atoms with E-state index in [1.165, 1.54) is 38.2 Å². The average molecular weight is 626 g/mol. The standard InChI is InChI=1S/C35H40ClN7O2/c1-3-32(44)43-20-19-42(23-27(43)15-17-37)34-28-16-18-41(31-14-8-10-25-9-7-13-29(36)33(25)31)24-30(28)38-35(39-34)45-22-21-40(2)26-11-5-4-6-12-26/h3,7-10,13-14,23,26H,1,4-6,11-12,15-16,18-22,24H2,2H3. The van der Waals surface area contributed by atoms with Crippen LogP contribution in [-0.2, 0) is 17.8 Å². The molecule has 0 bridgehead atoms. The van der Waals surface area contributed by atoms with Gasteiger partial charge in [-0.05, 0) is 49.9 Å². The Balaban J connectivity index is 1.32. The van der Waals surface area contributed by atoms with Crippen molar-refractivity contribution in [3.05, 3.63) is 77.2 Å². The van der Waals surface area contributed by atoms with Crippen LogP contribution in [0.1, 0.15) is 49.8 Å². The van der Waals surface area contributed by atoms with Gasteiger partial charge in [0.05, 0.1) is 35.4 Å². The van der Waals surface area contributed by atoms with Crippen molar-refractivity contribution in [1.82, 2.24) is 19.8 Å². The predicted octanol–water partition coefficient (Wildman–Crippen LogP) is 6.08. The molecule has 0 spiro atoms. The Kier molecular flexibility index (Phi) is 9.53. The highest BCUT2D eigenvalue weighted by Gasteiger charge is 2.30. The number of amides is 1. The summed E-state index contributed by atoms with van der Waals surface area (Å²) in [6.45, 7) is 7.24. The minimum atomic E-state index is -0.212. The summed E-state index contributed by atoms with van der Waals surface area (Å²) in [5, 5.41) is 12.4. The third-order valence-corrected chi connectivity index (χ3v) is 9.57. The van der Waals surface area contributed by atoms with Crippen LogP contribution in [0.25, 0.3) is 10.8 Å². The van der Waals surface area contributed by atoms with Crippen molar-refractivity contribution in [1.29, 1.82) is 5.26 Å². The van der Waals surface area contributed by atoms with Gasteiger partial charge in [-0.2, -0.15) is 15.2 Å². The van der Waals surface area contributed by atoms with E-state index >= 15 is 0 Å². The van der Waals surface area contributed by atoms with E-state index in [9.17, 15) is 10.1 Å². The number of nitriles is 1. The molecule has 1 saturated carbocycles. The lowest BCUT2D eigenvalue weighted by molar-refractivity contribution is -0.124. The molecule has 6 rings (SSSR count). The van der Waals surface area contributed by atoms with Crippen LogP contribution in [0.15, 0.2) is 61.0 Å². The average Bonchev–Trinajstić information content (AvgIpc) is 3.07. The van der Waals surface area contributed by atoms with Gasteiger partial charge in [0.1, 0.15) is 12.4 Å². The van der Waals surface area contributed by atoms with Crippen LogP contribution in [0.2, 0.25) is 5.02 Å². The summed E-state index contributed by atoms with van der Waals surface area (Å²) in [7, 11) is 2.18. The topological polar surface area (TPSA) is 88.8 Å². The van der Waals surface area contributed by atoms with Gasteiger partial charge in [-0.15, -0.1) is 0 Å². The van der Waals surface area contributed by atoms with E-state index in [0.717, 1.165) is 58.1 Å². The number of fused-ring (bicyclic) bond motifs is 2. The largest absolute Gasteiger partial charge is 0.462 e. The van der Waals surface area contributed by atoms with Crippen molar-refractivity contribution >= 4 is 39.8 Å². The molecule has 1 aromatic heterocycles.